The number of fused-ring (bicyclic) bond motifs is 1. The van der Waals surface area contributed by atoms with Gasteiger partial charge in [0.25, 0.3) is 0 Å². The molecule has 2 heterocycles. The van der Waals surface area contributed by atoms with Gasteiger partial charge in [-0.15, -0.1) is 5.10 Å². The lowest BCUT2D eigenvalue weighted by atomic mass is 10.1. The van der Waals surface area contributed by atoms with Crippen molar-refractivity contribution in [2.75, 3.05) is 0 Å². The Morgan fingerprint density at radius 1 is 1.60 bits per heavy atom. The van der Waals surface area contributed by atoms with Crippen LogP contribution in [-0.2, 0) is 11.2 Å². The monoisotopic (exact) mass is 207 g/mol. The average molecular weight is 207 g/mol. The normalized spacial score (nSPS) is 12.9. The number of rotatable bonds is 3. The van der Waals surface area contributed by atoms with Crippen LogP contribution in [0.4, 0.5) is 0 Å². The second-order valence-corrected chi connectivity index (χ2v) is 3.11. The minimum atomic E-state index is -1.04. The van der Waals surface area contributed by atoms with E-state index >= 15 is 0 Å². The molecule has 0 radical (unpaired) electrons. The van der Waals surface area contributed by atoms with Crippen LogP contribution in [-0.4, -0.2) is 37.2 Å². The molecule has 1 unspecified atom stereocenters. The number of hydrogen-bond acceptors (Lipinski definition) is 5. The molecule has 7 heteroatoms. The van der Waals surface area contributed by atoms with E-state index in [2.05, 4.69) is 15.5 Å². The fourth-order valence-electron chi connectivity index (χ4n) is 1.29. The van der Waals surface area contributed by atoms with Gasteiger partial charge < -0.3 is 10.8 Å². The topological polar surface area (TPSA) is 106 Å². The van der Waals surface area contributed by atoms with E-state index in [-0.39, 0.29) is 6.42 Å². The summed E-state index contributed by atoms with van der Waals surface area (Å²) < 4.78 is 1.48. The number of nitrogens with zero attached hydrogens (tertiary/aromatic N) is 4. The van der Waals surface area contributed by atoms with E-state index in [0.717, 1.165) is 0 Å². The van der Waals surface area contributed by atoms with Crippen molar-refractivity contribution in [3.8, 4) is 0 Å². The van der Waals surface area contributed by atoms with Crippen LogP contribution >= 0.6 is 0 Å². The van der Waals surface area contributed by atoms with Crippen LogP contribution in [0.15, 0.2) is 18.2 Å². The molecule has 1 atom stereocenters. The third-order valence-electron chi connectivity index (χ3n) is 2.05. The Balaban J connectivity index is 2.35. The Morgan fingerprint density at radius 3 is 3.13 bits per heavy atom. The van der Waals surface area contributed by atoms with Crippen molar-refractivity contribution in [2.24, 2.45) is 5.73 Å². The maximum absolute atomic E-state index is 10.6. The number of carbonyl (C=O) groups is 1. The molecule has 0 spiro atoms. The van der Waals surface area contributed by atoms with E-state index < -0.39 is 12.0 Å². The summed E-state index contributed by atoms with van der Waals surface area (Å²) in [5, 5.41) is 19.7. The highest BCUT2D eigenvalue weighted by molar-refractivity contribution is 5.73. The van der Waals surface area contributed by atoms with Gasteiger partial charge in [-0.25, -0.2) is 0 Å². The highest BCUT2D eigenvalue weighted by atomic mass is 16.4. The van der Waals surface area contributed by atoms with Gasteiger partial charge in [-0.05, 0) is 22.6 Å². The summed E-state index contributed by atoms with van der Waals surface area (Å²) in [6, 6.07) is 4.29. The van der Waals surface area contributed by atoms with Crippen LogP contribution in [0.1, 0.15) is 5.69 Å². The first-order chi connectivity index (χ1) is 7.18. The van der Waals surface area contributed by atoms with E-state index in [1.165, 1.54) is 4.52 Å². The van der Waals surface area contributed by atoms with Gasteiger partial charge in [-0.1, -0.05) is 6.07 Å². The van der Waals surface area contributed by atoms with Crippen molar-refractivity contribution >= 4 is 11.6 Å². The number of aromatic nitrogens is 4. The molecule has 7 nitrogen and oxygen atoms in total. The average Bonchev–Trinajstić information content (AvgIpc) is 2.66. The number of carboxylic acids is 1. The molecule has 0 aliphatic rings. The van der Waals surface area contributed by atoms with Crippen LogP contribution in [0.3, 0.4) is 0 Å². The highest BCUT2D eigenvalue weighted by Gasteiger charge is 2.14. The first-order valence-corrected chi connectivity index (χ1v) is 4.33. The molecule has 0 bridgehead atoms. The summed E-state index contributed by atoms with van der Waals surface area (Å²) in [5.41, 5.74) is 6.67. The van der Waals surface area contributed by atoms with Gasteiger partial charge in [-0.3, -0.25) is 4.79 Å². The van der Waals surface area contributed by atoms with Gasteiger partial charge in [0.15, 0.2) is 5.65 Å². The number of carboxylic acid groups (broad SMARTS) is 1. The van der Waals surface area contributed by atoms with E-state index in [1.807, 2.05) is 0 Å². The molecule has 0 saturated heterocycles. The molecule has 78 valence electrons. The molecule has 0 saturated carbocycles. The molecule has 3 N–H and O–H groups in total. The Bertz CT molecular complexity index is 494. The van der Waals surface area contributed by atoms with Gasteiger partial charge in [0, 0.05) is 12.1 Å². The van der Waals surface area contributed by atoms with Gasteiger partial charge in [0.2, 0.25) is 0 Å². The van der Waals surface area contributed by atoms with E-state index in [0.29, 0.717) is 11.3 Å². The van der Waals surface area contributed by atoms with Crippen molar-refractivity contribution in [2.45, 2.75) is 12.5 Å². The Kier molecular flexibility index (Phi) is 2.30. The summed E-state index contributed by atoms with van der Waals surface area (Å²) in [6.07, 6.45) is 0.192. The number of nitrogens with two attached hydrogens (primary N) is 1. The van der Waals surface area contributed by atoms with Crippen molar-refractivity contribution in [1.29, 1.82) is 0 Å². The molecule has 0 aliphatic heterocycles. The maximum Gasteiger partial charge on any atom is 0.320 e. The number of pyridine rings is 1. The zero-order valence-corrected chi connectivity index (χ0v) is 7.74. The SMILES string of the molecule is NC(Cc1cccc2nnnn12)C(=O)O. The van der Waals surface area contributed by atoms with Gasteiger partial charge in [-0.2, -0.15) is 4.52 Å². The summed E-state index contributed by atoms with van der Waals surface area (Å²) >= 11 is 0. The highest BCUT2D eigenvalue weighted by Crippen LogP contribution is 2.04. The van der Waals surface area contributed by atoms with Gasteiger partial charge >= 0.3 is 5.97 Å². The Hall–Kier alpha value is -2.02. The van der Waals surface area contributed by atoms with Crippen LogP contribution in [0, 0.1) is 0 Å². The minimum Gasteiger partial charge on any atom is -0.480 e. The summed E-state index contributed by atoms with van der Waals surface area (Å²) in [6.45, 7) is 0. The lowest BCUT2D eigenvalue weighted by molar-refractivity contribution is -0.138. The van der Waals surface area contributed by atoms with Crippen molar-refractivity contribution in [1.82, 2.24) is 20.0 Å². The van der Waals surface area contributed by atoms with Gasteiger partial charge in [0.05, 0.1) is 0 Å². The summed E-state index contributed by atoms with van der Waals surface area (Å²) in [4.78, 5) is 10.6. The molecule has 2 rings (SSSR count). The maximum atomic E-state index is 10.6. The summed E-state index contributed by atoms with van der Waals surface area (Å²) in [7, 11) is 0. The molecular formula is C8H9N5O2. The van der Waals surface area contributed by atoms with E-state index in [1.54, 1.807) is 18.2 Å². The van der Waals surface area contributed by atoms with Crippen LogP contribution in [0.25, 0.3) is 5.65 Å². The molecular weight excluding hydrogens is 198 g/mol. The molecule has 0 aliphatic carbocycles. The molecule has 0 aromatic carbocycles. The first kappa shape index (κ1) is 9.53. The van der Waals surface area contributed by atoms with Crippen molar-refractivity contribution in [3.63, 3.8) is 0 Å². The summed E-state index contributed by atoms with van der Waals surface area (Å²) in [5.74, 6) is -1.04. The lowest BCUT2D eigenvalue weighted by Gasteiger charge is -2.06. The lowest BCUT2D eigenvalue weighted by Crippen LogP contribution is -2.33. The van der Waals surface area contributed by atoms with E-state index in [9.17, 15) is 4.79 Å². The molecule has 15 heavy (non-hydrogen) atoms. The number of hydrogen-bond donors (Lipinski definition) is 2. The Labute approximate surface area is 84.5 Å². The van der Waals surface area contributed by atoms with Crippen molar-refractivity contribution < 1.29 is 9.90 Å². The zero-order valence-electron chi connectivity index (χ0n) is 7.74. The standard InChI is InChI=1S/C8H9N5O2/c9-6(8(14)15)4-5-2-1-3-7-10-11-12-13(5)7/h1-3,6H,4,9H2,(H,14,15). The van der Waals surface area contributed by atoms with Crippen LogP contribution in [0.5, 0.6) is 0 Å². The fourth-order valence-corrected chi connectivity index (χ4v) is 1.29. The van der Waals surface area contributed by atoms with Gasteiger partial charge in [0.1, 0.15) is 6.04 Å². The predicted molar refractivity (Wildman–Crippen MR) is 50.1 cm³/mol. The first-order valence-electron chi connectivity index (χ1n) is 4.33. The zero-order chi connectivity index (χ0) is 10.8. The smallest absolute Gasteiger partial charge is 0.320 e. The second kappa shape index (κ2) is 3.62. The Morgan fingerprint density at radius 2 is 2.40 bits per heavy atom. The third-order valence-corrected chi connectivity index (χ3v) is 2.05. The quantitative estimate of drug-likeness (QED) is 0.674. The molecule has 2 aromatic heterocycles. The van der Waals surface area contributed by atoms with Crippen LogP contribution in [0.2, 0.25) is 0 Å². The number of aliphatic carboxylic acids is 1. The van der Waals surface area contributed by atoms with Crippen molar-refractivity contribution in [3.05, 3.63) is 23.9 Å². The van der Waals surface area contributed by atoms with E-state index in [4.69, 9.17) is 10.8 Å². The molecule has 2 aromatic rings. The second-order valence-electron chi connectivity index (χ2n) is 3.11. The fraction of sp³-hybridized carbons (Fsp3) is 0.250. The minimum absolute atomic E-state index is 0.192. The predicted octanol–water partition coefficient (Wildman–Crippen LogP) is -0.921. The largest absolute Gasteiger partial charge is 0.480 e. The van der Waals surface area contributed by atoms with Crippen LogP contribution < -0.4 is 5.73 Å². The molecule has 0 amide bonds. The number of tetrazole rings is 1. The molecule has 0 fully saturated rings. The third kappa shape index (κ3) is 1.77.